The van der Waals surface area contributed by atoms with E-state index in [4.69, 9.17) is 32.7 Å². The second kappa shape index (κ2) is 4.34. The molecule has 1 unspecified atom stereocenters. The van der Waals surface area contributed by atoms with E-state index in [0.717, 1.165) is 0 Å². The molecule has 18 heavy (non-hydrogen) atoms. The van der Waals surface area contributed by atoms with Gasteiger partial charge in [0.1, 0.15) is 5.82 Å². The Morgan fingerprint density at radius 2 is 1.72 bits per heavy atom. The Labute approximate surface area is 113 Å². The van der Waals surface area contributed by atoms with Crippen molar-refractivity contribution in [1.82, 2.24) is 0 Å². The molecule has 0 aromatic heterocycles. The predicted octanol–water partition coefficient (Wildman–Crippen LogP) is 4.60. The largest absolute Gasteiger partial charge is 0.447 e. The van der Waals surface area contributed by atoms with Gasteiger partial charge in [-0.25, -0.2) is 4.39 Å². The molecule has 0 amide bonds. The van der Waals surface area contributed by atoms with Crippen molar-refractivity contribution in [3.05, 3.63) is 57.8 Å². The normalized spacial score (nSPS) is 16.9. The molecule has 1 heterocycles. The van der Waals surface area contributed by atoms with Crippen molar-refractivity contribution in [3.8, 4) is 11.5 Å². The van der Waals surface area contributed by atoms with Crippen molar-refractivity contribution >= 4 is 23.2 Å². The van der Waals surface area contributed by atoms with E-state index in [0.29, 0.717) is 27.1 Å². The van der Waals surface area contributed by atoms with E-state index in [1.54, 1.807) is 18.2 Å². The average molecular weight is 285 g/mol. The van der Waals surface area contributed by atoms with Gasteiger partial charge in [-0.2, -0.15) is 0 Å². The van der Waals surface area contributed by atoms with Gasteiger partial charge < -0.3 is 9.47 Å². The van der Waals surface area contributed by atoms with Crippen molar-refractivity contribution in [2.75, 3.05) is 0 Å². The first-order valence-corrected chi connectivity index (χ1v) is 5.97. The van der Waals surface area contributed by atoms with E-state index in [1.165, 1.54) is 18.2 Å². The van der Waals surface area contributed by atoms with Crippen molar-refractivity contribution in [2.45, 2.75) is 6.29 Å². The maximum atomic E-state index is 13.0. The summed E-state index contributed by atoms with van der Waals surface area (Å²) < 4.78 is 24.1. The van der Waals surface area contributed by atoms with Gasteiger partial charge in [-0.15, -0.1) is 0 Å². The lowest BCUT2D eigenvalue weighted by molar-refractivity contribution is 0.0487. The fraction of sp³-hybridized carbons (Fsp3) is 0.0769. The van der Waals surface area contributed by atoms with Gasteiger partial charge in [0.05, 0.1) is 10.6 Å². The van der Waals surface area contributed by atoms with Crippen LogP contribution in [0.15, 0.2) is 36.4 Å². The Morgan fingerprint density at radius 1 is 0.944 bits per heavy atom. The molecule has 5 heteroatoms. The molecule has 2 aromatic carbocycles. The molecule has 1 aliphatic heterocycles. The molecule has 2 nitrogen and oxygen atoms in total. The highest BCUT2D eigenvalue weighted by Gasteiger charge is 2.27. The molecular weight excluding hydrogens is 278 g/mol. The average Bonchev–Trinajstić information content (AvgIpc) is 2.71. The van der Waals surface area contributed by atoms with E-state index >= 15 is 0 Å². The molecule has 0 N–H and O–H groups in total. The standard InChI is InChI=1S/C13H7Cl2FO2/c14-7-1-3-9(10(15)5-7)13-17-11-4-2-8(16)6-12(11)18-13/h1-6,13H. The van der Waals surface area contributed by atoms with Crippen LogP contribution in [0.2, 0.25) is 10.0 Å². The van der Waals surface area contributed by atoms with Crippen LogP contribution in [-0.4, -0.2) is 0 Å². The number of halogens is 3. The third-order valence-corrected chi connectivity index (χ3v) is 3.15. The molecule has 0 bridgehead atoms. The molecule has 0 aliphatic carbocycles. The third-order valence-electron chi connectivity index (χ3n) is 2.59. The molecular formula is C13H7Cl2FO2. The van der Waals surface area contributed by atoms with Gasteiger partial charge in [-0.1, -0.05) is 23.2 Å². The Balaban J connectivity index is 1.93. The van der Waals surface area contributed by atoms with Crippen LogP contribution in [0.1, 0.15) is 11.9 Å². The highest BCUT2D eigenvalue weighted by atomic mass is 35.5. The fourth-order valence-corrected chi connectivity index (χ4v) is 2.24. The Hall–Kier alpha value is -1.45. The lowest BCUT2D eigenvalue weighted by atomic mass is 10.2. The van der Waals surface area contributed by atoms with Crippen LogP contribution in [0, 0.1) is 5.82 Å². The quantitative estimate of drug-likeness (QED) is 0.762. The number of ether oxygens (including phenoxy) is 2. The number of benzene rings is 2. The van der Waals surface area contributed by atoms with Crippen molar-refractivity contribution in [2.24, 2.45) is 0 Å². The smallest absolute Gasteiger partial charge is 0.269 e. The Morgan fingerprint density at radius 3 is 2.50 bits per heavy atom. The summed E-state index contributed by atoms with van der Waals surface area (Å²) in [7, 11) is 0. The molecule has 0 saturated heterocycles. The zero-order valence-corrected chi connectivity index (χ0v) is 10.5. The van der Waals surface area contributed by atoms with Gasteiger partial charge in [0.15, 0.2) is 11.5 Å². The summed E-state index contributed by atoms with van der Waals surface area (Å²) in [5.41, 5.74) is 0.651. The molecule has 1 aliphatic rings. The molecule has 3 rings (SSSR count). The summed E-state index contributed by atoms with van der Waals surface area (Å²) in [6.07, 6.45) is -0.674. The zero-order chi connectivity index (χ0) is 12.7. The van der Waals surface area contributed by atoms with Crippen LogP contribution in [0.25, 0.3) is 0 Å². The van der Waals surface area contributed by atoms with Gasteiger partial charge in [0.25, 0.3) is 6.29 Å². The van der Waals surface area contributed by atoms with Crippen molar-refractivity contribution in [3.63, 3.8) is 0 Å². The second-order valence-electron chi connectivity index (χ2n) is 3.82. The summed E-state index contributed by atoms with van der Waals surface area (Å²) in [6, 6.07) is 9.13. The maximum absolute atomic E-state index is 13.0. The Bertz CT molecular complexity index is 616. The van der Waals surface area contributed by atoms with Gasteiger partial charge in [-0.05, 0) is 30.3 Å². The van der Waals surface area contributed by atoms with Crippen molar-refractivity contribution < 1.29 is 13.9 Å². The molecule has 0 radical (unpaired) electrons. The predicted molar refractivity (Wildman–Crippen MR) is 66.9 cm³/mol. The molecule has 0 spiro atoms. The number of rotatable bonds is 1. The molecule has 0 saturated carbocycles. The maximum Gasteiger partial charge on any atom is 0.269 e. The lowest BCUT2D eigenvalue weighted by Crippen LogP contribution is -2.08. The first-order chi connectivity index (χ1) is 8.63. The van der Waals surface area contributed by atoms with Crippen LogP contribution in [-0.2, 0) is 0 Å². The van der Waals surface area contributed by atoms with Crippen LogP contribution in [0.5, 0.6) is 11.5 Å². The topological polar surface area (TPSA) is 18.5 Å². The first kappa shape index (κ1) is 11.6. The molecule has 1 atom stereocenters. The highest BCUT2D eigenvalue weighted by molar-refractivity contribution is 6.35. The van der Waals surface area contributed by atoms with E-state index in [1.807, 2.05) is 0 Å². The minimum Gasteiger partial charge on any atom is -0.447 e. The van der Waals surface area contributed by atoms with Crippen LogP contribution >= 0.6 is 23.2 Å². The zero-order valence-electron chi connectivity index (χ0n) is 8.99. The summed E-state index contributed by atoms with van der Waals surface area (Å²) >= 11 is 11.9. The van der Waals surface area contributed by atoms with Crippen LogP contribution in [0.4, 0.5) is 4.39 Å². The van der Waals surface area contributed by atoms with E-state index in [9.17, 15) is 4.39 Å². The monoisotopic (exact) mass is 284 g/mol. The third kappa shape index (κ3) is 2.00. The van der Waals surface area contributed by atoms with Crippen LogP contribution in [0.3, 0.4) is 0 Å². The van der Waals surface area contributed by atoms with Gasteiger partial charge in [0, 0.05) is 11.1 Å². The Kier molecular flexibility index (Phi) is 2.80. The van der Waals surface area contributed by atoms with E-state index in [-0.39, 0.29) is 5.82 Å². The minimum atomic E-state index is -0.674. The van der Waals surface area contributed by atoms with Gasteiger partial charge in [0.2, 0.25) is 0 Å². The summed E-state index contributed by atoms with van der Waals surface area (Å²) in [4.78, 5) is 0. The lowest BCUT2D eigenvalue weighted by Gasteiger charge is -2.12. The molecule has 2 aromatic rings. The van der Waals surface area contributed by atoms with Gasteiger partial charge >= 0.3 is 0 Å². The minimum absolute atomic E-state index is 0.367. The summed E-state index contributed by atoms with van der Waals surface area (Å²) in [5.74, 6) is 0.485. The number of fused-ring (bicyclic) bond motifs is 1. The number of hydrogen-bond donors (Lipinski definition) is 0. The van der Waals surface area contributed by atoms with E-state index < -0.39 is 6.29 Å². The van der Waals surface area contributed by atoms with Gasteiger partial charge in [-0.3, -0.25) is 0 Å². The summed E-state index contributed by atoms with van der Waals surface area (Å²) in [5, 5.41) is 0.978. The van der Waals surface area contributed by atoms with Crippen LogP contribution < -0.4 is 9.47 Å². The summed E-state index contributed by atoms with van der Waals surface area (Å²) in [6.45, 7) is 0. The molecule has 0 fully saturated rings. The molecule has 92 valence electrons. The first-order valence-electron chi connectivity index (χ1n) is 5.21. The van der Waals surface area contributed by atoms with E-state index in [2.05, 4.69) is 0 Å². The second-order valence-corrected chi connectivity index (χ2v) is 4.67. The fourth-order valence-electron chi connectivity index (χ4n) is 1.75. The SMILES string of the molecule is Fc1ccc2c(c1)OC(c1ccc(Cl)cc1Cl)O2. The number of hydrogen-bond acceptors (Lipinski definition) is 2. The highest BCUT2D eigenvalue weighted by Crippen LogP contribution is 2.42. The van der Waals surface area contributed by atoms with Crippen molar-refractivity contribution in [1.29, 1.82) is 0 Å².